The molecule has 0 aromatic heterocycles. The van der Waals surface area contributed by atoms with E-state index in [0.717, 1.165) is 12.8 Å². The summed E-state index contributed by atoms with van der Waals surface area (Å²) in [4.78, 5) is 23.5. The standard InChI is InChI=1S/C11H18O3/c1-4-14-10(13)11(3)7-5-6-8(2)9(11)12/h8H,4-7H2,1-3H3. The minimum Gasteiger partial charge on any atom is -0.465 e. The molecule has 0 aromatic rings. The molecule has 3 nitrogen and oxygen atoms in total. The van der Waals surface area contributed by atoms with Crippen LogP contribution in [0.15, 0.2) is 0 Å². The van der Waals surface area contributed by atoms with Crippen LogP contribution < -0.4 is 0 Å². The van der Waals surface area contributed by atoms with Crippen molar-refractivity contribution in [2.45, 2.75) is 40.0 Å². The number of esters is 1. The number of carbonyl (C=O) groups excluding carboxylic acids is 2. The first kappa shape index (κ1) is 11.2. The predicted molar refractivity (Wildman–Crippen MR) is 52.8 cm³/mol. The topological polar surface area (TPSA) is 43.4 Å². The van der Waals surface area contributed by atoms with Crippen LogP contribution in [0.2, 0.25) is 0 Å². The maximum atomic E-state index is 11.9. The summed E-state index contributed by atoms with van der Waals surface area (Å²) in [5, 5.41) is 0. The molecule has 0 amide bonds. The number of rotatable bonds is 2. The fourth-order valence-electron chi connectivity index (χ4n) is 2.05. The summed E-state index contributed by atoms with van der Waals surface area (Å²) in [6, 6.07) is 0. The molecule has 1 aliphatic carbocycles. The van der Waals surface area contributed by atoms with Crippen LogP contribution in [-0.2, 0) is 14.3 Å². The number of ketones is 1. The number of hydrogen-bond acceptors (Lipinski definition) is 3. The molecule has 2 atom stereocenters. The summed E-state index contributed by atoms with van der Waals surface area (Å²) >= 11 is 0. The average Bonchev–Trinajstić information content (AvgIpc) is 2.14. The largest absolute Gasteiger partial charge is 0.465 e. The Morgan fingerprint density at radius 3 is 2.86 bits per heavy atom. The lowest BCUT2D eigenvalue weighted by Crippen LogP contribution is -2.43. The summed E-state index contributed by atoms with van der Waals surface area (Å²) in [7, 11) is 0. The van der Waals surface area contributed by atoms with Gasteiger partial charge in [0.15, 0.2) is 5.78 Å². The molecule has 2 unspecified atom stereocenters. The van der Waals surface area contributed by atoms with Crippen LogP contribution in [0, 0.1) is 11.3 Å². The van der Waals surface area contributed by atoms with E-state index in [-0.39, 0.29) is 17.7 Å². The highest BCUT2D eigenvalue weighted by atomic mass is 16.5. The zero-order valence-corrected chi connectivity index (χ0v) is 9.13. The van der Waals surface area contributed by atoms with Gasteiger partial charge in [-0.1, -0.05) is 13.3 Å². The molecule has 0 aliphatic heterocycles. The van der Waals surface area contributed by atoms with Gasteiger partial charge >= 0.3 is 5.97 Å². The predicted octanol–water partition coefficient (Wildman–Crippen LogP) is 1.94. The van der Waals surface area contributed by atoms with E-state index in [0.29, 0.717) is 13.0 Å². The van der Waals surface area contributed by atoms with Crippen LogP contribution in [0.4, 0.5) is 0 Å². The molecule has 0 saturated heterocycles. The first-order valence-electron chi connectivity index (χ1n) is 5.24. The Bertz CT molecular complexity index is 247. The van der Waals surface area contributed by atoms with Gasteiger partial charge in [0.25, 0.3) is 0 Å². The highest BCUT2D eigenvalue weighted by molar-refractivity contribution is 6.04. The van der Waals surface area contributed by atoms with Crippen LogP contribution >= 0.6 is 0 Å². The van der Waals surface area contributed by atoms with E-state index >= 15 is 0 Å². The third-order valence-electron chi connectivity index (χ3n) is 3.03. The molecule has 1 rings (SSSR count). The van der Waals surface area contributed by atoms with Gasteiger partial charge in [-0.3, -0.25) is 9.59 Å². The molecule has 0 heterocycles. The summed E-state index contributed by atoms with van der Waals surface area (Å²) in [5.74, 6) is -0.308. The van der Waals surface area contributed by atoms with Crippen LogP contribution in [0.3, 0.4) is 0 Å². The lowest BCUT2D eigenvalue weighted by Gasteiger charge is -2.32. The first-order chi connectivity index (χ1) is 6.52. The van der Waals surface area contributed by atoms with Crippen molar-refractivity contribution in [3.05, 3.63) is 0 Å². The number of hydrogen-bond donors (Lipinski definition) is 0. The molecule has 3 heteroatoms. The van der Waals surface area contributed by atoms with E-state index in [1.807, 2.05) is 6.92 Å². The van der Waals surface area contributed by atoms with Crippen LogP contribution in [0.1, 0.15) is 40.0 Å². The number of ether oxygens (including phenoxy) is 1. The SMILES string of the molecule is CCOC(=O)C1(C)CCCC(C)C1=O. The van der Waals surface area contributed by atoms with Crippen molar-refractivity contribution in [2.24, 2.45) is 11.3 Å². The zero-order chi connectivity index (χ0) is 10.8. The highest BCUT2D eigenvalue weighted by Crippen LogP contribution is 2.36. The van der Waals surface area contributed by atoms with Gasteiger partial charge in [-0.05, 0) is 26.7 Å². The molecule has 0 N–H and O–H groups in total. The van der Waals surface area contributed by atoms with Crippen molar-refractivity contribution < 1.29 is 14.3 Å². The number of carbonyl (C=O) groups is 2. The fourth-order valence-corrected chi connectivity index (χ4v) is 2.05. The second-order valence-corrected chi connectivity index (χ2v) is 4.21. The van der Waals surface area contributed by atoms with Crippen LogP contribution in [0.25, 0.3) is 0 Å². The van der Waals surface area contributed by atoms with Crippen LogP contribution in [-0.4, -0.2) is 18.4 Å². The molecular weight excluding hydrogens is 180 g/mol. The molecule has 80 valence electrons. The van der Waals surface area contributed by atoms with Crippen molar-refractivity contribution in [1.82, 2.24) is 0 Å². The molecule has 1 fully saturated rings. The molecule has 0 bridgehead atoms. The van der Waals surface area contributed by atoms with Gasteiger partial charge in [0.05, 0.1) is 6.61 Å². The smallest absolute Gasteiger partial charge is 0.319 e. The quantitative estimate of drug-likeness (QED) is 0.503. The molecule has 1 aliphatic rings. The first-order valence-corrected chi connectivity index (χ1v) is 5.24. The van der Waals surface area contributed by atoms with Gasteiger partial charge in [0.1, 0.15) is 5.41 Å². The van der Waals surface area contributed by atoms with Crippen molar-refractivity contribution in [3.63, 3.8) is 0 Å². The lowest BCUT2D eigenvalue weighted by molar-refractivity contribution is -0.162. The Balaban J connectivity index is 2.80. The van der Waals surface area contributed by atoms with Crippen molar-refractivity contribution in [1.29, 1.82) is 0 Å². The minimum atomic E-state index is -0.881. The zero-order valence-electron chi connectivity index (χ0n) is 9.13. The third kappa shape index (κ3) is 1.81. The molecule has 14 heavy (non-hydrogen) atoms. The Hall–Kier alpha value is -0.860. The van der Waals surface area contributed by atoms with E-state index in [2.05, 4.69) is 0 Å². The Morgan fingerprint density at radius 2 is 2.29 bits per heavy atom. The van der Waals surface area contributed by atoms with E-state index < -0.39 is 5.41 Å². The van der Waals surface area contributed by atoms with Gasteiger partial charge in [-0.2, -0.15) is 0 Å². The highest BCUT2D eigenvalue weighted by Gasteiger charge is 2.46. The minimum absolute atomic E-state index is 0.00171. The fraction of sp³-hybridized carbons (Fsp3) is 0.818. The monoisotopic (exact) mass is 198 g/mol. The molecule has 1 saturated carbocycles. The van der Waals surface area contributed by atoms with E-state index in [1.165, 1.54) is 0 Å². The molecule has 0 spiro atoms. The van der Waals surface area contributed by atoms with Gasteiger partial charge < -0.3 is 4.74 Å². The summed E-state index contributed by atoms with van der Waals surface area (Å²) < 4.78 is 4.94. The van der Waals surface area contributed by atoms with E-state index in [4.69, 9.17) is 4.74 Å². The van der Waals surface area contributed by atoms with Gasteiger partial charge in [-0.25, -0.2) is 0 Å². The lowest BCUT2D eigenvalue weighted by atomic mass is 9.70. The van der Waals surface area contributed by atoms with Gasteiger partial charge in [0.2, 0.25) is 0 Å². The maximum absolute atomic E-state index is 11.9. The summed E-state index contributed by atoms with van der Waals surface area (Å²) in [6.07, 6.45) is 2.46. The second-order valence-electron chi connectivity index (χ2n) is 4.21. The molecule has 0 radical (unpaired) electrons. The second kappa shape index (κ2) is 4.11. The van der Waals surface area contributed by atoms with Crippen LogP contribution in [0.5, 0.6) is 0 Å². The normalized spacial score (nSPS) is 32.8. The Kier molecular flexibility index (Phi) is 3.29. The van der Waals surface area contributed by atoms with E-state index in [9.17, 15) is 9.59 Å². The Labute approximate surface area is 84.8 Å². The van der Waals surface area contributed by atoms with Crippen molar-refractivity contribution in [2.75, 3.05) is 6.61 Å². The van der Waals surface area contributed by atoms with Gasteiger partial charge in [0, 0.05) is 5.92 Å². The van der Waals surface area contributed by atoms with Crippen molar-refractivity contribution in [3.8, 4) is 0 Å². The van der Waals surface area contributed by atoms with Crippen molar-refractivity contribution >= 4 is 11.8 Å². The maximum Gasteiger partial charge on any atom is 0.319 e. The molecular formula is C11H18O3. The van der Waals surface area contributed by atoms with E-state index in [1.54, 1.807) is 13.8 Å². The summed E-state index contributed by atoms with van der Waals surface area (Å²) in [5.41, 5.74) is -0.881. The summed E-state index contributed by atoms with van der Waals surface area (Å²) in [6.45, 7) is 5.70. The van der Waals surface area contributed by atoms with Gasteiger partial charge in [-0.15, -0.1) is 0 Å². The Morgan fingerprint density at radius 1 is 1.64 bits per heavy atom. The molecule has 0 aromatic carbocycles. The average molecular weight is 198 g/mol. The number of Topliss-reactive ketones (excluding diaryl/α,β-unsaturated/α-hetero) is 1. The third-order valence-corrected chi connectivity index (χ3v) is 3.03.